The van der Waals surface area contributed by atoms with Crippen LogP contribution in [0, 0.1) is 5.92 Å². The zero-order valence-electron chi connectivity index (χ0n) is 11.0. The molecule has 2 N–H and O–H groups in total. The lowest BCUT2D eigenvalue weighted by molar-refractivity contribution is 0.525. The first-order valence-corrected chi connectivity index (χ1v) is 7.53. The molecule has 1 aliphatic rings. The summed E-state index contributed by atoms with van der Waals surface area (Å²) in [7, 11) is 0. The highest BCUT2D eigenvalue weighted by Crippen LogP contribution is 2.53. The second-order valence-corrected chi connectivity index (χ2v) is 5.99. The zero-order chi connectivity index (χ0) is 13.4. The zero-order valence-corrected chi connectivity index (χ0v) is 12.5. The van der Waals surface area contributed by atoms with Gasteiger partial charge in [-0.05, 0) is 46.7 Å². The van der Waals surface area contributed by atoms with E-state index < -0.39 is 0 Å². The van der Waals surface area contributed by atoms with Gasteiger partial charge in [-0.2, -0.15) is 5.10 Å². The summed E-state index contributed by atoms with van der Waals surface area (Å²) in [6.07, 6.45) is 3.02. The van der Waals surface area contributed by atoms with Crippen LogP contribution >= 0.6 is 15.9 Å². The van der Waals surface area contributed by atoms with Crippen LogP contribution in [0.1, 0.15) is 36.6 Å². The van der Waals surface area contributed by atoms with Gasteiger partial charge in [-0.1, -0.05) is 30.3 Å². The Morgan fingerprint density at radius 2 is 2.16 bits per heavy atom. The summed E-state index contributed by atoms with van der Waals surface area (Å²) < 4.78 is 3.02. The average molecular weight is 320 g/mol. The predicted molar refractivity (Wildman–Crippen MR) is 79.8 cm³/mol. The molecule has 0 radical (unpaired) electrons. The minimum atomic E-state index is 0.0574. The Bertz CT molecular complexity index is 564. The molecule has 0 saturated heterocycles. The van der Waals surface area contributed by atoms with E-state index >= 15 is 0 Å². The van der Waals surface area contributed by atoms with Gasteiger partial charge in [-0.15, -0.1) is 0 Å². The highest BCUT2D eigenvalue weighted by Gasteiger charge is 2.44. The Kier molecular flexibility index (Phi) is 3.46. The first-order chi connectivity index (χ1) is 9.22. The standard InChI is InChI=1S/C15H18BrN3/c1-2-19-15(13(16)9-18-19)14(17)12-8-11(12)10-6-4-3-5-7-10/h3-7,9,11-12,14H,2,8,17H2,1H3. The molecule has 3 unspecified atom stereocenters. The normalized spacial score (nSPS) is 23.3. The Hall–Kier alpha value is -1.13. The van der Waals surface area contributed by atoms with Crippen molar-refractivity contribution < 1.29 is 0 Å². The summed E-state index contributed by atoms with van der Waals surface area (Å²) in [6, 6.07) is 10.7. The van der Waals surface area contributed by atoms with Crippen LogP contribution in [0.15, 0.2) is 41.0 Å². The fraction of sp³-hybridized carbons (Fsp3) is 0.400. The van der Waals surface area contributed by atoms with E-state index in [2.05, 4.69) is 58.3 Å². The van der Waals surface area contributed by atoms with Crippen LogP contribution in [0.5, 0.6) is 0 Å². The SMILES string of the molecule is CCn1ncc(Br)c1C(N)C1CC1c1ccccc1. The smallest absolute Gasteiger partial charge is 0.0696 e. The second-order valence-electron chi connectivity index (χ2n) is 5.14. The van der Waals surface area contributed by atoms with Crippen LogP contribution in [0.25, 0.3) is 0 Å². The molecule has 1 aromatic heterocycles. The Balaban J connectivity index is 1.80. The van der Waals surface area contributed by atoms with E-state index in [1.54, 1.807) is 0 Å². The summed E-state index contributed by atoms with van der Waals surface area (Å²) in [6.45, 7) is 2.95. The van der Waals surface area contributed by atoms with E-state index in [-0.39, 0.29) is 6.04 Å². The van der Waals surface area contributed by atoms with Gasteiger partial charge in [0.25, 0.3) is 0 Å². The third-order valence-electron chi connectivity index (χ3n) is 3.98. The number of nitrogens with two attached hydrogens (primary N) is 1. The molecule has 0 amide bonds. The van der Waals surface area contributed by atoms with Gasteiger partial charge in [0.05, 0.1) is 22.4 Å². The number of aryl methyl sites for hydroxylation is 1. The number of benzene rings is 1. The van der Waals surface area contributed by atoms with Gasteiger partial charge in [0.2, 0.25) is 0 Å². The van der Waals surface area contributed by atoms with Crippen molar-refractivity contribution in [3.8, 4) is 0 Å². The highest BCUT2D eigenvalue weighted by atomic mass is 79.9. The Labute approximate surface area is 121 Å². The monoisotopic (exact) mass is 319 g/mol. The Morgan fingerprint density at radius 3 is 2.84 bits per heavy atom. The van der Waals surface area contributed by atoms with Crippen LogP contribution in [0.3, 0.4) is 0 Å². The summed E-state index contributed by atoms with van der Waals surface area (Å²) >= 11 is 3.57. The summed E-state index contributed by atoms with van der Waals surface area (Å²) in [5.74, 6) is 1.13. The van der Waals surface area contributed by atoms with E-state index in [9.17, 15) is 0 Å². The molecule has 100 valence electrons. The van der Waals surface area contributed by atoms with Crippen LogP contribution < -0.4 is 5.73 Å². The molecule has 1 aromatic carbocycles. The van der Waals surface area contributed by atoms with Crippen molar-refractivity contribution in [2.24, 2.45) is 11.7 Å². The van der Waals surface area contributed by atoms with Crippen LogP contribution in [0.2, 0.25) is 0 Å². The lowest BCUT2D eigenvalue weighted by atomic mass is 10.0. The lowest BCUT2D eigenvalue weighted by Gasteiger charge is -2.14. The van der Waals surface area contributed by atoms with Crippen LogP contribution in [-0.2, 0) is 6.54 Å². The van der Waals surface area contributed by atoms with Gasteiger partial charge in [-0.25, -0.2) is 0 Å². The molecular weight excluding hydrogens is 302 g/mol. The molecule has 0 spiro atoms. The van der Waals surface area contributed by atoms with Gasteiger partial charge < -0.3 is 5.73 Å². The molecule has 1 heterocycles. The van der Waals surface area contributed by atoms with E-state index in [1.807, 2.05) is 10.9 Å². The minimum Gasteiger partial charge on any atom is -0.322 e. The van der Waals surface area contributed by atoms with Crippen LogP contribution in [0.4, 0.5) is 0 Å². The van der Waals surface area contributed by atoms with Crippen molar-refractivity contribution in [2.75, 3.05) is 0 Å². The summed E-state index contributed by atoms with van der Waals surface area (Å²) in [5, 5.41) is 4.35. The van der Waals surface area contributed by atoms with Crippen molar-refractivity contribution in [1.29, 1.82) is 0 Å². The van der Waals surface area contributed by atoms with Gasteiger partial charge in [-0.3, -0.25) is 4.68 Å². The molecule has 4 heteroatoms. The predicted octanol–water partition coefficient (Wildman–Crippen LogP) is 3.47. The van der Waals surface area contributed by atoms with Gasteiger partial charge in [0.15, 0.2) is 0 Å². The molecule has 1 fully saturated rings. The van der Waals surface area contributed by atoms with Crippen molar-refractivity contribution in [3.63, 3.8) is 0 Å². The third kappa shape index (κ3) is 2.35. The maximum Gasteiger partial charge on any atom is 0.0696 e. The largest absolute Gasteiger partial charge is 0.322 e. The highest BCUT2D eigenvalue weighted by molar-refractivity contribution is 9.10. The molecule has 1 saturated carbocycles. The first-order valence-electron chi connectivity index (χ1n) is 6.74. The average Bonchev–Trinajstić information content (AvgIpc) is 3.16. The number of halogens is 1. The van der Waals surface area contributed by atoms with Gasteiger partial charge in [0, 0.05) is 6.54 Å². The third-order valence-corrected chi connectivity index (χ3v) is 4.59. The van der Waals surface area contributed by atoms with Crippen molar-refractivity contribution in [3.05, 3.63) is 52.3 Å². The van der Waals surface area contributed by atoms with Crippen molar-refractivity contribution >= 4 is 15.9 Å². The first kappa shape index (κ1) is 12.9. The quantitative estimate of drug-likeness (QED) is 0.937. The van der Waals surface area contributed by atoms with E-state index in [4.69, 9.17) is 5.73 Å². The van der Waals surface area contributed by atoms with Gasteiger partial charge >= 0.3 is 0 Å². The second kappa shape index (κ2) is 5.10. The maximum atomic E-state index is 6.46. The molecule has 1 aliphatic carbocycles. The van der Waals surface area contributed by atoms with E-state index in [0.717, 1.165) is 16.7 Å². The molecule has 2 aromatic rings. The van der Waals surface area contributed by atoms with Gasteiger partial charge in [0.1, 0.15) is 0 Å². The summed E-state index contributed by atoms with van der Waals surface area (Å²) in [5.41, 5.74) is 8.99. The fourth-order valence-electron chi connectivity index (χ4n) is 2.85. The van der Waals surface area contributed by atoms with Crippen LogP contribution in [-0.4, -0.2) is 9.78 Å². The number of hydrogen-bond donors (Lipinski definition) is 1. The topological polar surface area (TPSA) is 43.8 Å². The molecule has 19 heavy (non-hydrogen) atoms. The number of nitrogens with zero attached hydrogens (tertiary/aromatic N) is 2. The van der Waals surface area contributed by atoms with E-state index in [1.165, 1.54) is 12.0 Å². The molecule has 0 aliphatic heterocycles. The number of aromatic nitrogens is 2. The molecule has 0 bridgehead atoms. The molecule has 3 nitrogen and oxygen atoms in total. The fourth-order valence-corrected chi connectivity index (χ4v) is 3.41. The van der Waals surface area contributed by atoms with Crippen molar-refractivity contribution in [1.82, 2.24) is 9.78 Å². The van der Waals surface area contributed by atoms with E-state index in [0.29, 0.717) is 11.8 Å². The minimum absolute atomic E-state index is 0.0574. The lowest BCUT2D eigenvalue weighted by Crippen LogP contribution is -2.19. The number of hydrogen-bond acceptors (Lipinski definition) is 2. The maximum absolute atomic E-state index is 6.46. The van der Waals surface area contributed by atoms with Crippen molar-refractivity contribution in [2.45, 2.75) is 31.8 Å². The molecular formula is C15H18BrN3. The number of rotatable bonds is 4. The summed E-state index contributed by atoms with van der Waals surface area (Å²) in [4.78, 5) is 0. The molecule has 3 rings (SSSR count). The molecule has 3 atom stereocenters. The Morgan fingerprint density at radius 1 is 1.42 bits per heavy atom.